The molecule has 74 valence electrons. The Hall–Kier alpha value is -0.980. The molecule has 1 fully saturated rings. The van der Waals surface area contributed by atoms with Crippen LogP contribution < -0.4 is 5.32 Å². The number of hydrogen-bond acceptors (Lipinski definition) is 1. The van der Waals surface area contributed by atoms with Crippen LogP contribution in [0.4, 0.5) is 5.69 Å². The van der Waals surface area contributed by atoms with E-state index in [4.69, 9.17) is 0 Å². The van der Waals surface area contributed by atoms with E-state index in [0.29, 0.717) is 6.04 Å². The fourth-order valence-corrected chi connectivity index (χ4v) is 2.73. The summed E-state index contributed by atoms with van der Waals surface area (Å²) in [6.07, 6.45) is 4.22. The van der Waals surface area contributed by atoms with E-state index in [1.807, 2.05) is 0 Å². The second-order valence-corrected chi connectivity index (χ2v) is 4.81. The van der Waals surface area contributed by atoms with Crippen LogP contribution in [0.3, 0.4) is 0 Å². The first-order valence-corrected chi connectivity index (χ1v) is 5.70. The first-order valence-electron chi connectivity index (χ1n) is 5.70. The van der Waals surface area contributed by atoms with Crippen molar-refractivity contribution < 1.29 is 0 Å². The van der Waals surface area contributed by atoms with Crippen LogP contribution in [-0.4, -0.2) is 6.04 Å². The molecule has 0 spiro atoms. The van der Waals surface area contributed by atoms with E-state index in [1.54, 1.807) is 5.56 Å². The lowest BCUT2D eigenvalue weighted by atomic mass is 9.84. The van der Waals surface area contributed by atoms with Gasteiger partial charge in [-0.1, -0.05) is 18.2 Å². The van der Waals surface area contributed by atoms with Crippen molar-refractivity contribution in [3.8, 4) is 0 Å². The maximum Gasteiger partial charge on any atom is 0.0377 e. The normalized spacial score (nSPS) is 30.6. The van der Waals surface area contributed by atoms with Crippen LogP contribution in [0.1, 0.15) is 37.7 Å². The smallest absolute Gasteiger partial charge is 0.0377 e. The zero-order valence-corrected chi connectivity index (χ0v) is 8.66. The Balaban J connectivity index is 2.00. The van der Waals surface area contributed by atoms with Gasteiger partial charge in [-0.2, -0.15) is 0 Å². The Morgan fingerprint density at radius 2 is 2.00 bits per heavy atom. The van der Waals surface area contributed by atoms with Gasteiger partial charge in [0, 0.05) is 11.7 Å². The molecule has 1 aromatic carbocycles. The summed E-state index contributed by atoms with van der Waals surface area (Å²) >= 11 is 0. The summed E-state index contributed by atoms with van der Waals surface area (Å²) in [5.74, 6) is 1.82. The van der Waals surface area contributed by atoms with Gasteiger partial charge in [-0.3, -0.25) is 0 Å². The minimum Gasteiger partial charge on any atom is -0.382 e. The van der Waals surface area contributed by atoms with E-state index in [2.05, 4.69) is 36.5 Å². The molecule has 0 bridgehead atoms. The molecule has 14 heavy (non-hydrogen) atoms. The Kier molecular flexibility index (Phi) is 1.79. The molecule has 1 nitrogen and oxygen atoms in total. The number of rotatable bonds is 1. The van der Waals surface area contributed by atoms with E-state index in [1.165, 1.54) is 24.9 Å². The number of fused-ring (bicyclic) bond motifs is 1. The van der Waals surface area contributed by atoms with Crippen LogP contribution in [0.15, 0.2) is 24.3 Å². The average Bonchev–Trinajstić information content (AvgIpc) is 2.99. The summed E-state index contributed by atoms with van der Waals surface area (Å²) in [4.78, 5) is 0. The molecule has 0 saturated heterocycles. The molecule has 2 unspecified atom stereocenters. The molecule has 0 amide bonds. The van der Waals surface area contributed by atoms with Crippen LogP contribution >= 0.6 is 0 Å². The van der Waals surface area contributed by atoms with Crippen LogP contribution in [0.2, 0.25) is 0 Å². The highest BCUT2D eigenvalue weighted by Crippen LogP contribution is 2.48. The van der Waals surface area contributed by atoms with Crippen molar-refractivity contribution in [1.82, 2.24) is 0 Å². The molecule has 1 heteroatoms. The summed E-state index contributed by atoms with van der Waals surface area (Å²) in [7, 11) is 0. The third-order valence-electron chi connectivity index (χ3n) is 3.56. The number of para-hydroxylation sites is 1. The molecule has 1 heterocycles. The standard InChI is InChI=1S/C13H17N/c1-9-8-12(10-6-7-10)11-4-2-3-5-13(11)14-9/h2-5,9-10,12,14H,6-8H2,1H3. The van der Waals surface area contributed by atoms with Gasteiger partial charge in [0.15, 0.2) is 0 Å². The third-order valence-corrected chi connectivity index (χ3v) is 3.56. The van der Waals surface area contributed by atoms with Crippen molar-refractivity contribution in [2.24, 2.45) is 5.92 Å². The lowest BCUT2D eigenvalue weighted by molar-refractivity contribution is 0.505. The fourth-order valence-electron chi connectivity index (χ4n) is 2.73. The maximum absolute atomic E-state index is 3.57. The van der Waals surface area contributed by atoms with Crippen LogP contribution in [0.5, 0.6) is 0 Å². The highest BCUT2D eigenvalue weighted by atomic mass is 14.9. The van der Waals surface area contributed by atoms with Gasteiger partial charge < -0.3 is 5.32 Å². The molecular weight excluding hydrogens is 170 g/mol. The molecule has 0 aromatic heterocycles. The Morgan fingerprint density at radius 3 is 2.79 bits per heavy atom. The zero-order chi connectivity index (χ0) is 9.54. The summed E-state index contributed by atoms with van der Waals surface area (Å²) in [6, 6.07) is 9.48. The molecule has 1 N–H and O–H groups in total. The summed E-state index contributed by atoms with van der Waals surface area (Å²) in [5.41, 5.74) is 2.94. The quantitative estimate of drug-likeness (QED) is 0.710. The third kappa shape index (κ3) is 1.31. The highest BCUT2D eigenvalue weighted by Gasteiger charge is 2.36. The molecule has 3 rings (SSSR count). The predicted octanol–water partition coefficient (Wildman–Crippen LogP) is 3.38. The van der Waals surface area contributed by atoms with Gasteiger partial charge in [-0.05, 0) is 49.7 Å². The van der Waals surface area contributed by atoms with Gasteiger partial charge in [0.1, 0.15) is 0 Å². The second-order valence-electron chi connectivity index (χ2n) is 4.81. The van der Waals surface area contributed by atoms with Crippen molar-refractivity contribution in [2.45, 2.75) is 38.1 Å². The Bertz CT molecular complexity index is 341. The van der Waals surface area contributed by atoms with Gasteiger partial charge in [0.25, 0.3) is 0 Å². The number of hydrogen-bond donors (Lipinski definition) is 1. The molecule has 1 aromatic rings. The number of anilines is 1. The fraction of sp³-hybridized carbons (Fsp3) is 0.538. The van der Waals surface area contributed by atoms with E-state index >= 15 is 0 Å². The topological polar surface area (TPSA) is 12.0 Å². The monoisotopic (exact) mass is 187 g/mol. The Morgan fingerprint density at radius 1 is 1.21 bits per heavy atom. The molecular formula is C13H17N. The molecule has 0 radical (unpaired) electrons. The first-order chi connectivity index (χ1) is 6.84. The minimum atomic E-state index is 0.649. The van der Waals surface area contributed by atoms with Crippen molar-refractivity contribution in [1.29, 1.82) is 0 Å². The molecule has 1 aliphatic carbocycles. The molecule has 2 aliphatic rings. The Labute approximate surface area is 85.5 Å². The predicted molar refractivity (Wildman–Crippen MR) is 59.6 cm³/mol. The average molecular weight is 187 g/mol. The lowest BCUT2D eigenvalue weighted by Crippen LogP contribution is -2.26. The van der Waals surface area contributed by atoms with Crippen molar-refractivity contribution >= 4 is 5.69 Å². The second kappa shape index (κ2) is 3.01. The van der Waals surface area contributed by atoms with E-state index < -0.39 is 0 Å². The van der Waals surface area contributed by atoms with Gasteiger partial charge in [0.05, 0.1) is 0 Å². The van der Waals surface area contributed by atoms with Crippen molar-refractivity contribution in [3.05, 3.63) is 29.8 Å². The largest absolute Gasteiger partial charge is 0.382 e. The molecule has 1 saturated carbocycles. The van der Waals surface area contributed by atoms with Gasteiger partial charge >= 0.3 is 0 Å². The minimum absolute atomic E-state index is 0.649. The zero-order valence-electron chi connectivity index (χ0n) is 8.66. The van der Waals surface area contributed by atoms with Crippen molar-refractivity contribution in [2.75, 3.05) is 5.32 Å². The van der Waals surface area contributed by atoms with Gasteiger partial charge in [-0.25, -0.2) is 0 Å². The van der Waals surface area contributed by atoms with Crippen LogP contribution in [-0.2, 0) is 0 Å². The number of nitrogens with one attached hydrogen (secondary N) is 1. The van der Waals surface area contributed by atoms with Crippen molar-refractivity contribution in [3.63, 3.8) is 0 Å². The summed E-state index contributed by atoms with van der Waals surface area (Å²) in [6.45, 7) is 2.30. The van der Waals surface area contributed by atoms with E-state index in [9.17, 15) is 0 Å². The molecule has 1 aliphatic heterocycles. The van der Waals surface area contributed by atoms with Gasteiger partial charge in [-0.15, -0.1) is 0 Å². The van der Waals surface area contributed by atoms with Crippen LogP contribution in [0.25, 0.3) is 0 Å². The highest BCUT2D eigenvalue weighted by molar-refractivity contribution is 5.56. The van der Waals surface area contributed by atoms with E-state index in [0.717, 1.165) is 11.8 Å². The summed E-state index contributed by atoms with van der Waals surface area (Å²) in [5, 5.41) is 3.57. The molecule has 2 atom stereocenters. The lowest BCUT2D eigenvalue weighted by Gasteiger charge is -2.31. The number of benzene rings is 1. The van der Waals surface area contributed by atoms with E-state index in [-0.39, 0.29) is 0 Å². The van der Waals surface area contributed by atoms with Crippen LogP contribution in [0, 0.1) is 5.92 Å². The summed E-state index contributed by atoms with van der Waals surface area (Å²) < 4.78 is 0. The first kappa shape index (κ1) is 8.34. The van der Waals surface area contributed by atoms with Gasteiger partial charge in [0.2, 0.25) is 0 Å². The maximum atomic E-state index is 3.57. The SMILES string of the molecule is CC1CC(C2CC2)c2ccccc2N1.